The summed E-state index contributed by atoms with van der Waals surface area (Å²) < 4.78 is 34.1. The number of ether oxygens (including phenoxy) is 3. The largest absolute Gasteiger partial charge is 0.566 e. The standard InChI is InChI=1S/C21H15N2O8P/c1-2-21(31-32(26)27)13-5-15-18-11(7-23(15)19(24)12(13)8-28-20(21)25)3-10-4-16-17(30-9-29-16)6-14(10)22-18/h3-6H,2,7-9H2,1H3/t21-/m0/s1. The lowest BCUT2D eigenvalue weighted by molar-refractivity contribution is -0.207. The molecule has 0 fully saturated rings. The van der Waals surface area contributed by atoms with Crippen molar-refractivity contribution in [3.8, 4) is 22.9 Å². The minimum Gasteiger partial charge on any atom is -0.566 e. The number of fused-ring (bicyclic) bond motifs is 6. The number of hydrogen-bond acceptors (Lipinski definition) is 9. The van der Waals surface area contributed by atoms with Crippen molar-refractivity contribution in [3.63, 3.8) is 0 Å². The predicted molar refractivity (Wildman–Crippen MR) is 107 cm³/mol. The summed E-state index contributed by atoms with van der Waals surface area (Å²) in [7, 11) is -3.37. The summed E-state index contributed by atoms with van der Waals surface area (Å²) >= 11 is 0. The van der Waals surface area contributed by atoms with Crippen LogP contribution in [0.5, 0.6) is 11.5 Å². The summed E-state index contributed by atoms with van der Waals surface area (Å²) in [5.74, 6) is 0.384. The van der Waals surface area contributed by atoms with Gasteiger partial charge < -0.3 is 23.7 Å². The third kappa shape index (κ3) is 2.51. The molecular formula is C21H15N2O8P. The quantitative estimate of drug-likeness (QED) is 0.336. The van der Waals surface area contributed by atoms with Crippen molar-refractivity contribution in [2.75, 3.05) is 6.79 Å². The zero-order chi connectivity index (χ0) is 22.2. The molecule has 0 saturated heterocycles. The molecule has 0 aliphatic carbocycles. The fraction of sp³-hybridized carbons (Fsp3) is 0.286. The molecule has 2 atom stereocenters. The number of pyridine rings is 2. The minimum atomic E-state index is -3.37. The summed E-state index contributed by atoms with van der Waals surface area (Å²) in [6.45, 7) is 1.79. The highest BCUT2D eigenvalue weighted by Gasteiger charge is 2.52. The van der Waals surface area contributed by atoms with Crippen molar-refractivity contribution in [2.24, 2.45) is 0 Å². The molecule has 0 radical (unpaired) electrons. The van der Waals surface area contributed by atoms with Gasteiger partial charge in [-0.3, -0.25) is 4.79 Å². The fourth-order valence-electron chi connectivity index (χ4n) is 4.64. The number of cyclic esters (lactones) is 1. The van der Waals surface area contributed by atoms with E-state index in [1.54, 1.807) is 23.6 Å². The first-order valence-corrected chi connectivity index (χ1v) is 11.0. The van der Waals surface area contributed by atoms with Crippen LogP contribution in [0.25, 0.3) is 22.3 Å². The van der Waals surface area contributed by atoms with Crippen LogP contribution in [0, 0.1) is 0 Å². The SMILES string of the molecule is CC[C@@]1(O[P+](=O)[O-])C(=O)OCc2c1cc1n(c2=O)Cc2cc3cc4c(cc3nc2-1)OCO4. The van der Waals surface area contributed by atoms with Crippen molar-refractivity contribution >= 4 is 25.1 Å². The fourth-order valence-corrected chi connectivity index (χ4v) is 5.20. The van der Waals surface area contributed by atoms with Gasteiger partial charge in [-0.25, -0.2) is 9.78 Å². The third-order valence-corrected chi connectivity index (χ3v) is 6.66. The Balaban J connectivity index is 1.59. The number of nitrogens with zero attached hydrogens (tertiary/aromatic N) is 2. The molecular weight excluding hydrogens is 439 g/mol. The second kappa shape index (κ2) is 6.59. The molecule has 5 heterocycles. The Morgan fingerprint density at radius 2 is 1.97 bits per heavy atom. The molecule has 0 bridgehead atoms. The van der Waals surface area contributed by atoms with Crippen LogP contribution >= 0.6 is 8.25 Å². The normalized spacial score (nSPS) is 20.6. The molecule has 10 nitrogen and oxygen atoms in total. The van der Waals surface area contributed by atoms with E-state index < -0.39 is 19.8 Å². The van der Waals surface area contributed by atoms with Crippen LogP contribution in [-0.4, -0.2) is 22.3 Å². The topological polar surface area (TPSA) is 129 Å². The zero-order valence-corrected chi connectivity index (χ0v) is 17.6. The lowest BCUT2D eigenvalue weighted by Gasteiger charge is -2.31. The van der Waals surface area contributed by atoms with E-state index in [0.717, 1.165) is 10.9 Å². The lowest BCUT2D eigenvalue weighted by atomic mass is 9.86. The van der Waals surface area contributed by atoms with Crippen LogP contribution in [0.1, 0.15) is 30.0 Å². The van der Waals surface area contributed by atoms with Gasteiger partial charge in [0.1, 0.15) is 6.61 Å². The van der Waals surface area contributed by atoms with E-state index in [9.17, 15) is 19.0 Å². The molecule has 1 aromatic carbocycles. The van der Waals surface area contributed by atoms with E-state index >= 15 is 0 Å². The van der Waals surface area contributed by atoms with E-state index in [1.807, 2.05) is 12.1 Å². The Hall–Kier alpha value is -3.33. The molecule has 162 valence electrons. The number of hydrogen-bond donors (Lipinski definition) is 0. The monoisotopic (exact) mass is 454 g/mol. The summed E-state index contributed by atoms with van der Waals surface area (Å²) in [5, 5.41) is 0.840. The van der Waals surface area contributed by atoms with Crippen molar-refractivity contribution < 1.29 is 33.0 Å². The van der Waals surface area contributed by atoms with E-state index in [-0.39, 0.29) is 43.1 Å². The highest BCUT2D eigenvalue weighted by molar-refractivity contribution is 7.30. The molecule has 0 amide bonds. The summed E-state index contributed by atoms with van der Waals surface area (Å²) in [4.78, 5) is 42.1. The van der Waals surface area contributed by atoms with Gasteiger partial charge in [0, 0.05) is 22.6 Å². The molecule has 3 aliphatic rings. The number of esters is 1. The van der Waals surface area contributed by atoms with Crippen LogP contribution in [0.4, 0.5) is 0 Å². The lowest BCUT2D eigenvalue weighted by Crippen LogP contribution is -2.45. The maximum atomic E-state index is 13.3. The first kappa shape index (κ1) is 19.4. The molecule has 2 aromatic heterocycles. The second-order valence-corrected chi connectivity index (χ2v) is 8.41. The van der Waals surface area contributed by atoms with Gasteiger partial charge in [0.2, 0.25) is 12.4 Å². The Morgan fingerprint density at radius 3 is 2.72 bits per heavy atom. The Labute approximate surface area is 181 Å². The Kier molecular flexibility index (Phi) is 3.98. The first-order chi connectivity index (χ1) is 15.4. The average Bonchev–Trinajstić information content (AvgIpc) is 3.36. The molecule has 0 spiro atoms. The van der Waals surface area contributed by atoms with Crippen molar-refractivity contribution in [3.05, 3.63) is 51.3 Å². The molecule has 6 rings (SSSR count). The van der Waals surface area contributed by atoms with Gasteiger partial charge >= 0.3 is 14.2 Å². The summed E-state index contributed by atoms with van der Waals surface area (Å²) in [6.07, 6.45) is -0.0213. The van der Waals surface area contributed by atoms with Gasteiger partial charge in [0.25, 0.3) is 5.56 Å². The first-order valence-electron chi connectivity index (χ1n) is 9.93. The Morgan fingerprint density at radius 1 is 1.19 bits per heavy atom. The van der Waals surface area contributed by atoms with Crippen molar-refractivity contribution in [1.29, 1.82) is 0 Å². The predicted octanol–water partition coefficient (Wildman–Crippen LogP) is 1.85. The highest BCUT2D eigenvalue weighted by Crippen LogP contribution is 2.44. The minimum absolute atomic E-state index is 0.0213. The van der Waals surface area contributed by atoms with Gasteiger partial charge in [-0.1, -0.05) is 6.92 Å². The molecule has 32 heavy (non-hydrogen) atoms. The summed E-state index contributed by atoms with van der Waals surface area (Å²) in [5.41, 5.74) is 0.671. The van der Waals surface area contributed by atoms with E-state index in [1.165, 1.54) is 0 Å². The highest BCUT2D eigenvalue weighted by atomic mass is 31.1. The zero-order valence-electron chi connectivity index (χ0n) is 16.7. The van der Waals surface area contributed by atoms with Crippen LogP contribution < -0.4 is 19.9 Å². The Bertz CT molecular complexity index is 1430. The smallest absolute Gasteiger partial charge is 0.490 e. The number of carbonyl (C=O) groups excluding carboxylic acids is 1. The molecule has 0 saturated carbocycles. The van der Waals surface area contributed by atoms with Crippen LogP contribution in [-0.2, 0) is 37.4 Å². The van der Waals surface area contributed by atoms with Gasteiger partial charge in [0.15, 0.2) is 11.5 Å². The van der Waals surface area contributed by atoms with Crippen molar-refractivity contribution in [1.82, 2.24) is 9.55 Å². The van der Waals surface area contributed by atoms with E-state index in [4.69, 9.17) is 23.7 Å². The van der Waals surface area contributed by atoms with Gasteiger partial charge in [-0.05, 0) is 29.2 Å². The van der Waals surface area contributed by atoms with E-state index in [2.05, 4.69) is 0 Å². The third-order valence-electron chi connectivity index (χ3n) is 6.20. The van der Waals surface area contributed by atoms with Crippen LogP contribution in [0.2, 0.25) is 0 Å². The van der Waals surface area contributed by atoms with Gasteiger partial charge in [-0.15, -0.1) is 4.52 Å². The van der Waals surface area contributed by atoms with Crippen molar-refractivity contribution in [2.45, 2.75) is 32.1 Å². The maximum Gasteiger partial charge on any atom is 0.490 e. The van der Waals surface area contributed by atoms with Crippen LogP contribution in [0.3, 0.4) is 0 Å². The maximum absolute atomic E-state index is 13.3. The number of benzene rings is 1. The number of aromatic nitrogens is 2. The van der Waals surface area contributed by atoms with E-state index in [0.29, 0.717) is 28.4 Å². The molecule has 1 unspecified atom stereocenters. The number of carbonyl (C=O) groups is 1. The molecule has 3 aromatic rings. The van der Waals surface area contributed by atoms with Gasteiger partial charge in [0.05, 0.1) is 29.0 Å². The van der Waals surface area contributed by atoms with Crippen LogP contribution in [0.15, 0.2) is 29.1 Å². The van der Waals surface area contributed by atoms with Gasteiger partial charge in [-0.2, -0.15) is 0 Å². The number of rotatable bonds is 3. The molecule has 0 N–H and O–H groups in total. The summed E-state index contributed by atoms with van der Waals surface area (Å²) in [6, 6.07) is 7.17. The average molecular weight is 454 g/mol. The molecule has 3 aliphatic heterocycles. The molecule has 11 heteroatoms. The second-order valence-electron chi connectivity index (χ2n) is 7.78.